The minimum atomic E-state index is -1.05. The van der Waals surface area contributed by atoms with Crippen LogP contribution in [-0.4, -0.2) is 40.8 Å². The number of hydrogen-bond acceptors (Lipinski definition) is 3. The number of aliphatic carboxylic acids is 1. The molecule has 1 aromatic rings. The smallest absolute Gasteiger partial charge is 0.326 e. The lowest BCUT2D eigenvalue weighted by Gasteiger charge is -2.28. The van der Waals surface area contributed by atoms with Gasteiger partial charge in [-0.2, -0.15) is 0 Å². The zero-order valence-corrected chi connectivity index (χ0v) is 11.9. The maximum atomic E-state index is 12.1. The number of carbonyl (C=O) groups is 2. The maximum absolute atomic E-state index is 12.1. The second-order valence-electron chi connectivity index (χ2n) is 4.92. The van der Waals surface area contributed by atoms with E-state index in [1.54, 1.807) is 17.8 Å². The quantitative estimate of drug-likeness (QED) is 0.878. The van der Waals surface area contributed by atoms with Crippen LogP contribution in [0.3, 0.4) is 0 Å². The highest BCUT2D eigenvalue weighted by Crippen LogP contribution is 2.19. The van der Waals surface area contributed by atoms with Crippen molar-refractivity contribution in [3.05, 3.63) is 23.0 Å². The molecule has 2 rings (SSSR count). The predicted octanol–water partition coefficient (Wildman–Crippen LogP) is 1.29. The van der Waals surface area contributed by atoms with Crippen molar-refractivity contribution in [2.45, 2.75) is 18.9 Å². The second-order valence-corrected chi connectivity index (χ2v) is 5.36. The second kappa shape index (κ2) is 6.28. The van der Waals surface area contributed by atoms with Gasteiger partial charge in [0, 0.05) is 25.8 Å². The first-order chi connectivity index (χ1) is 9.49. The number of hydrogen-bond donors (Lipinski definition) is 2. The molecule has 2 N–H and O–H groups in total. The summed E-state index contributed by atoms with van der Waals surface area (Å²) in [4.78, 5) is 23.5. The van der Waals surface area contributed by atoms with Crippen LogP contribution in [0, 0.1) is 5.92 Å². The minimum Gasteiger partial charge on any atom is -0.480 e. The molecule has 1 aromatic heterocycles. The van der Waals surface area contributed by atoms with Crippen molar-refractivity contribution >= 4 is 23.5 Å². The van der Waals surface area contributed by atoms with Crippen LogP contribution < -0.4 is 5.32 Å². The van der Waals surface area contributed by atoms with Crippen LogP contribution in [0.1, 0.15) is 23.3 Å². The topological polar surface area (TPSA) is 80.6 Å². The summed E-state index contributed by atoms with van der Waals surface area (Å²) in [6.07, 6.45) is 3.13. The fraction of sp³-hybridized carbons (Fsp3) is 0.538. The van der Waals surface area contributed by atoms with Crippen LogP contribution in [0.2, 0.25) is 5.02 Å². The van der Waals surface area contributed by atoms with Crippen molar-refractivity contribution in [2.24, 2.45) is 13.0 Å². The molecule has 0 bridgehead atoms. The maximum Gasteiger partial charge on any atom is 0.326 e. The zero-order valence-electron chi connectivity index (χ0n) is 11.1. The molecule has 2 unspecified atom stereocenters. The molecule has 0 saturated carbocycles. The number of nitrogens with one attached hydrogen (secondary N) is 1. The standard InChI is InChI=1S/C13H17ClN2O4/c1-16-6-9(14)5-10(16)12(17)15-11(13(18)19)8-3-2-4-20-7-8/h5-6,8,11H,2-4,7H2,1H3,(H,15,17)(H,18,19). The Morgan fingerprint density at radius 1 is 1.60 bits per heavy atom. The summed E-state index contributed by atoms with van der Waals surface area (Å²) in [6.45, 7) is 0.995. The molecule has 1 aliphatic rings. The minimum absolute atomic E-state index is 0.207. The Bertz CT molecular complexity index is 508. The van der Waals surface area contributed by atoms with Crippen molar-refractivity contribution in [1.82, 2.24) is 9.88 Å². The Hall–Kier alpha value is -1.53. The molecule has 0 radical (unpaired) electrons. The molecule has 1 amide bonds. The number of ether oxygens (including phenoxy) is 1. The van der Waals surface area contributed by atoms with Gasteiger partial charge in [0.05, 0.1) is 11.6 Å². The van der Waals surface area contributed by atoms with E-state index < -0.39 is 17.9 Å². The van der Waals surface area contributed by atoms with Crippen LogP contribution in [0.25, 0.3) is 0 Å². The number of halogens is 1. The van der Waals surface area contributed by atoms with Gasteiger partial charge in [-0.05, 0) is 18.9 Å². The Labute approximate surface area is 121 Å². The van der Waals surface area contributed by atoms with Gasteiger partial charge in [-0.1, -0.05) is 11.6 Å². The molecule has 1 saturated heterocycles. The third-order valence-electron chi connectivity index (χ3n) is 3.42. The number of carbonyl (C=O) groups excluding carboxylic acids is 1. The van der Waals surface area contributed by atoms with E-state index in [1.165, 1.54) is 6.07 Å². The number of carboxylic acid groups (broad SMARTS) is 1. The molecular formula is C13H17ClN2O4. The van der Waals surface area contributed by atoms with E-state index in [9.17, 15) is 14.7 Å². The number of aryl methyl sites for hydroxylation is 1. The number of amides is 1. The Morgan fingerprint density at radius 2 is 2.35 bits per heavy atom. The third kappa shape index (κ3) is 3.32. The van der Waals surface area contributed by atoms with Gasteiger partial charge in [-0.25, -0.2) is 4.79 Å². The van der Waals surface area contributed by atoms with Gasteiger partial charge in [0.25, 0.3) is 5.91 Å². The van der Waals surface area contributed by atoms with E-state index in [0.717, 1.165) is 12.8 Å². The summed E-state index contributed by atoms with van der Waals surface area (Å²) in [5, 5.41) is 12.3. The van der Waals surface area contributed by atoms with Crippen molar-refractivity contribution < 1.29 is 19.4 Å². The van der Waals surface area contributed by atoms with E-state index in [0.29, 0.717) is 23.9 Å². The van der Waals surface area contributed by atoms with Crippen LogP contribution in [0.4, 0.5) is 0 Å². The molecule has 2 atom stereocenters. The summed E-state index contributed by atoms with van der Waals surface area (Å²) in [5.41, 5.74) is 0.331. The molecule has 7 heteroatoms. The van der Waals surface area contributed by atoms with Gasteiger partial charge in [0.1, 0.15) is 11.7 Å². The summed E-state index contributed by atoms with van der Waals surface area (Å²) >= 11 is 5.82. The molecule has 0 aromatic carbocycles. The fourth-order valence-corrected chi connectivity index (χ4v) is 2.62. The Balaban J connectivity index is 2.09. The Morgan fingerprint density at radius 3 is 2.85 bits per heavy atom. The van der Waals surface area contributed by atoms with E-state index in [4.69, 9.17) is 16.3 Å². The van der Waals surface area contributed by atoms with Crippen LogP contribution in [0.5, 0.6) is 0 Å². The fourth-order valence-electron chi connectivity index (χ4n) is 2.37. The van der Waals surface area contributed by atoms with Crippen LogP contribution in [0.15, 0.2) is 12.3 Å². The first kappa shape index (κ1) is 14.9. The first-order valence-corrected chi connectivity index (χ1v) is 6.80. The monoisotopic (exact) mass is 300 g/mol. The number of carboxylic acids is 1. The zero-order chi connectivity index (χ0) is 14.7. The molecule has 1 fully saturated rings. The highest BCUT2D eigenvalue weighted by molar-refractivity contribution is 6.31. The lowest BCUT2D eigenvalue weighted by atomic mass is 9.93. The van der Waals surface area contributed by atoms with Crippen molar-refractivity contribution in [3.63, 3.8) is 0 Å². The number of nitrogens with zero attached hydrogens (tertiary/aromatic N) is 1. The van der Waals surface area contributed by atoms with Gasteiger partial charge < -0.3 is 19.7 Å². The SMILES string of the molecule is Cn1cc(Cl)cc1C(=O)NC(C(=O)O)C1CCCOC1. The molecule has 110 valence electrons. The average molecular weight is 301 g/mol. The highest BCUT2D eigenvalue weighted by atomic mass is 35.5. The predicted molar refractivity (Wildman–Crippen MR) is 72.9 cm³/mol. The summed E-state index contributed by atoms with van der Waals surface area (Å²) in [7, 11) is 1.68. The van der Waals surface area contributed by atoms with Crippen molar-refractivity contribution in [3.8, 4) is 0 Å². The number of aromatic nitrogens is 1. The largest absolute Gasteiger partial charge is 0.480 e. The van der Waals surface area contributed by atoms with E-state index in [2.05, 4.69) is 5.32 Å². The first-order valence-electron chi connectivity index (χ1n) is 6.42. The van der Waals surface area contributed by atoms with Gasteiger partial charge in [-0.15, -0.1) is 0 Å². The normalized spacial score (nSPS) is 20.4. The van der Waals surface area contributed by atoms with Crippen LogP contribution >= 0.6 is 11.6 Å². The van der Waals surface area contributed by atoms with Gasteiger partial charge in [-0.3, -0.25) is 4.79 Å². The highest BCUT2D eigenvalue weighted by Gasteiger charge is 2.32. The van der Waals surface area contributed by atoms with E-state index in [-0.39, 0.29) is 5.92 Å². The molecular weight excluding hydrogens is 284 g/mol. The molecule has 1 aliphatic heterocycles. The van der Waals surface area contributed by atoms with Gasteiger partial charge in [0.2, 0.25) is 0 Å². The van der Waals surface area contributed by atoms with Crippen molar-refractivity contribution in [2.75, 3.05) is 13.2 Å². The average Bonchev–Trinajstić information content (AvgIpc) is 2.75. The van der Waals surface area contributed by atoms with E-state index >= 15 is 0 Å². The summed E-state index contributed by atoms with van der Waals surface area (Å²) in [5.74, 6) is -1.70. The molecule has 20 heavy (non-hydrogen) atoms. The van der Waals surface area contributed by atoms with E-state index in [1.807, 2.05) is 0 Å². The van der Waals surface area contributed by atoms with Gasteiger partial charge in [0.15, 0.2) is 0 Å². The van der Waals surface area contributed by atoms with Crippen molar-refractivity contribution in [1.29, 1.82) is 0 Å². The van der Waals surface area contributed by atoms with Crippen LogP contribution in [-0.2, 0) is 16.6 Å². The lowest BCUT2D eigenvalue weighted by Crippen LogP contribution is -2.48. The summed E-state index contributed by atoms with van der Waals surface area (Å²) in [6, 6.07) is 0.559. The van der Waals surface area contributed by atoms with Gasteiger partial charge >= 0.3 is 5.97 Å². The molecule has 2 heterocycles. The molecule has 0 aliphatic carbocycles. The molecule has 6 nitrogen and oxygen atoms in total. The number of rotatable bonds is 4. The Kier molecular flexibility index (Phi) is 4.67. The third-order valence-corrected chi connectivity index (χ3v) is 3.63. The lowest BCUT2D eigenvalue weighted by molar-refractivity contribution is -0.142. The summed E-state index contributed by atoms with van der Waals surface area (Å²) < 4.78 is 6.85. The molecule has 0 spiro atoms.